The second kappa shape index (κ2) is 8.32. The number of amides is 1. The lowest BCUT2D eigenvalue weighted by Crippen LogP contribution is -2.43. The number of benzene rings is 1. The van der Waals surface area contributed by atoms with Gasteiger partial charge in [0.25, 0.3) is 0 Å². The smallest absolute Gasteiger partial charge is 0.226 e. The van der Waals surface area contributed by atoms with Crippen LogP contribution in [0, 0.1) is 0 Å². The van der Waals surface area contributed by atoms with Crippen molar-refractivity contribution in [2.75, 3.05) is 32.2 Å². The van der Waals surface area contributed by atoms with Crippen molar-refractivity contribution >= 4 is 35.6 Å². The number of hydrogen-bond acceptors (Lipinski definition) is 4. The van der Waals surface area contributed by atoms with E-state index in [2.05, 4.69) is 10.6 Å². The first kappa shape index (κ1) is 17.0. The standard InChI is InChI=1S/C13H17ClN2O3.ClH/c1-18-12-3-2-9(14)6-11(12)16-13(17)7-10-8-19-5-4-15-10;/h2-3,6,10,15H,4-5,7-8H2,1H3,(H,16,17);1H. The van der Waals surface area contributed by atoms with E-state index >= 15 is 0 Å². The molecule has 1 aromatic rings. The van der Waals surface area contributed by atoms with Crippen molar-refractivity contribution in [1.82, 2.24) is 5.32 Å². The SMILES string of the molecule is COc1ccc(Cl)cc1NC(=O)CC1COCCN1.Cl. The average molecular weight is 321 g/mol. The van der Waals surface area contributed by atoms with E-state index in [0.717, 1.165) is 6.54 Å². The summed E-state index contributed by atoms with van der Waals surface area (Å²) in [5.41, 5.74) is 0.580. The minimum atomic E-state index is -0.0939. The van der Waals surface area contributed by atoms with E-state index in [-0.39, 0.29) is 24.4 Å². The van der Waals surface area contributed by atoms with Crippen LogP contribution in [0.15, 0.2) is 18.2 Å². The molecule has 0 spiro atoms. The molecule has 1 fully saturated rings. The molecule has 20 heavy (non-hydrogen) atoms. The van der Waals surface area contributed by atoms with Gasteiger partial charge in [-0.1, -0.05) is 11.6 Å². The molecule has 112 valence electrons. The summed E-state index contributed by atoms with van der Waals surface area (Å²) in [4.78, 5) is 12.0. The molecule has 2 rings (SSSR count). The maximum absolute atomic E-state index is 12.0. The van der Waals surface area contributed by atoms with Crippen molar-refractivity contribution in [3.63, 3.8) is 0 Å². The highest BCUT2D eigenvalue weighted by Crippen LogP contribution is 2.27. The first-order valence-electron chi connectivity index (χ1n) is 6.13. The Hall–Kier alpha value is -1.01. The van der Waals surface area contributed by atoms with Crippen LogP contribution in [0.2, 0.25) is 5.02 Å². The lowest BCUT2D eigenvalue weighted by Gasteiger charge is -2.23. The van der Waals surface area contributed by atoms with Crippen molar-refractivity contribution in [2.45, 2.75) is 12.5 Å². The van der Waals surface area contributed by atoms with E-state index < -0.39 is 0 Å². The van der Waals surface area contributed by atoms with Gasteiger partial charge in [0.15, 0.2) is 0 Å². The van der Waals surface area contributed by atoms with E-state index in [9.17, 15) is 4.79 Å². The van der Waals surface area contributed by atoms with Gasteiger partial charge < -0.3 is 20.1 Å². The Bertz CT molecular complexity index is 451. The van der Waals surface area contributed by atoms with Gasteiger partial charge in [0.2, 0.25) is 5.91 Å². The summed E-state index contributed by atoms with van der Waals surface area (Å²) in [5, 5.41) is 6.59. The monoisotopic (exact) mass is 320 g/mol. The lowest BCUT2D eigenvalue weighted by molar-refractivity contribution is -0.117. The van der Waals surface area contributed by atoms with Crippen LogP contribution in [-0.2, 0) is 9.53 Å². The maximum atomic E-state index is 12.0. The number of morpholine rings is 1. The predicted octanol–water partition coefficient (Wildman–Crippen LogP) is 2.09. The fourth-order valence-electron chi connectivity index (χ4n) is 1.95. The van der Waals surface area contributed by atoms with Crippen LogP contribution in [0.5, 0.6) is 5.75 Å². The van der Waals surface area contributed by atoms with Gasteiger partial charge in [0.1, 0.15) is 5.75 Å². The van der Waals surface area contributed by atoms with Crippen LogP contribution in [0.25, 0.3) is 0 Å². The van der Waals surface area contributed by atoms with Gasteiger partial charge >= 0.3 is 0 Å². The Labute approximate surface area is 129 Å². The van der Waals surface area contributed by atoms with Crippen molar-refractivity contribution < 1.29 is 14.3 Å². The van der Waals surface area contributed by atoms with E-state index in [4.69, 9.17) is 21.1 Å². The zero-order valence-electron chi connectivity index (χ0n) is 11.1. The first-order chi connectivity index (χ1) is 9.19. The second-order valence-corrected chi connectivity index (χ2v) is 4.76. The molecule has 5 nitrogen and oxygen atoms in total. The topological polar surface area (TPSA) is 59.6 Å². The van der Waals surface area contributed by atoms with Crippen LogP contribution in [0.4, 0.5) is 5.69 Å². The quantitative estimate of drug-likeness (QED) is 0.891. The largest absolute Gasteiger partial charge is 0.495 e. The number of halogens is 2. The van der Waals surface area contributed by atoms with Gasteiger partial charge in [-0.25, -0.2) is 0 Å². The van der Waals surface area contributed by atoms with Crippen LogP contribution < -0.4 is 15.4 Å². The first-order valence-corrected chi connectivity index (χ1v) is 6.51. The molecule has 1 atom stereocenters. The zero-order chi connectivity index (χ0) is 13.7. The number of hydrogen-bond donors (Lipinski definition) is 2. The summed E-state index contributed by atoms with van der Waals surface area (Å²) in [6, 6.07) is 5.16. The van der Waals surface area contributed by atoms with Crippen LogP contribution >= 0.6 is 24.0 Å². The Morgan fingerprint density at radius 3 is 3.05 bits per heavy atom. The Balaban J connectivity index is 0.00000200. The fourth-order valence-corrected chi connectivity index (χ4v) is 2.13. The molecular weight excluding hydrogens is 303 g/mol. The molecule has 1 unspecified atom stereocenters. The molecule has 0 bridgehead atoms. The molecule has 1 heterocycles. The number of methoxy groups -OCH3 is 1. The highest BCUT2D eigenvalue weighted by Gasteiger charge is 2.17. The fraction of sp³-hybridized carbons (Fsp3) is 0.462. The lowest BCUT2D eigenvalue weighted by atomic mass is 10.2. The molecular formula is C13H18Cl2N2O3. The Morgan fingerprint density at radius 1 is 1.60 bits per heavy atom. The van der Waals surface area contributed by atoms with Crippen molar-refractivity contribution in [2.24, 2.45) is 0 Å². The summed E-state index contributed by atoms with van der Waals surface area (Å²) >= 11 is 5.91. The van der Waals surface area contributed by atoms with E-state index in [1.807, 2.05) is 0 Å². The zero-order valence-corrected chi connectivity index (χ0v) is 12.7. The third-order valence-corrected chi connectivity index (χ3v) is 3.10. The van der Waals surface area contributed by atoms with Crippen LogP contribution in [-0.4, -0.2) is 38.8 Å². The van der Waals surface area contributed by atoms with E-state index in [1.165, 1.54) is 0 Å². The van der Waals surface area contributed by atoms with Gasteiger partial charge in [0.05, 0.1) is 26.0 Å². The molecule has 0 saturated carbocycles. The highest BCUT2D eigenvalue weighted by atomic mass is 35.5. The molecule has 0 aromatic heterocycles. The minimum Gasteiger partial charge on any atom is -0.495 e. The molecule has 2 N–H and O–H groups in total. The van der Waals surface area contributed by atoms with Gasteiger partial charge in [-0.05, 0) is 18.2 Å². The number of anilines is 1. The highest BCUT2D eigenvalue weighted by molar-refractivity contribution is 6.31. The maximum Gasteiger partial charge on any atom is 0.226 e. The normalized spacial score (nSPS) is 18.0. The number of carbonyl (C=O) groups is 1. The summed E-state index contributed by atoms with van der Waals surface area (Å²) in [7, 11) is 1.55. The molecule has 1 aliphatic rings. The number of carbonyl (C=O) groups excluding carboxylic acids is 1. The molecule has 1 saturated heterocycles. The summed E-state index contributed by atoms with van der Waals surface area (Å²) in [5.74, 6) is 0.495. The number of nitrogens with one attached hydrogen (secondary N) is 2. The van der Waals surface area contributed by atoms with Crippen LogP contribution in [0.3, 0.4) is 0 Å². The van der Waals surface area contributed by atoms with Gasteiger partial charge in [-0.3, -0.25) is 4.79 Å². The van der Waals surface area contributed by atoms with E-state index in [1.54, 1.807) is 25.3 Å². The van der Waals surface area contributed by atoms with Gasteiger partial charge in [-0.15, -0.1) is 12.4 Å². The van der Waals surface area contributed by atoms with Crippen molar-refractivity contribution in [3.8, 4) is 5.75 Å². The molecule has 0 radical (unpaired) electrons. The van der Waals surface area contributed by atoms with E-state index in [0.29, 0.717) is 36.1 Å². The molecule has 0 aliphatic carbocycles. The molecule has 1 aromatic carbocycles. The summed E-state index contributed by atoms with van der Waals surface area (Å²) in [6.45, 7) is 2.03. The number of rotatable bonds is 4. The third-order valence-electron chi connectivity index (χ3n) is 2.87. The molecule has 1 aliphatic heterocycles. The van der Waals surface area contributed by atoms with Crippen molar-refractivity contribution in [3.05, 3.63) is 23.2 Å². The van der Waals surface area contributed by atoms with Crippen molar-refractivity contribution in [1.29, 1.82) is 0 Å². The molecule has 7 heteroatoms. The van der Waals surface area contributed by atoms with Gasteiger partial charge in [0, 0.05) is 24.0 Å². The Kier molecular flexibility index (Phi) is 7.09. The predicted molar refractivity (Wildman–Crippen MR) is 81.1 cm³/mol. The number of ether oxygens (including phenoxy) is 2. The third kappa shape index (κ3) is 4.83. The summed E-state index contributed by atoms with van der Waals surface area (Å²) < 4.78 is 10.5. The molecule has 1 amide bonds. The average Bonchev–Trinajstić information content (AvgIpc) is 2.40. The van der Waals surface area contributed by atoms with Crippen LogP contribution in [0.1, 0.15) is 6.42 Å². The second-order valence-electron chi connectivity index (χ2n) is 4.32. The Morgan fingerprint density at radius 2 is 2.40 bits per heavy atom. The van der Waals surface area contributed by atoms with Gasteiger partial charge in [-0.2, -0.15) is 0 Å². The minimum absolute atomic E-state index is 0. The summed E-state index contributed by atoms with van der Waals surface area (Å²) in [6.07, 6.45) is 0.357.